The van der Waals surface area contributed by atoms with E-state index >= 15 is 0 Å². The largest absolute Gasteiger partial charge is 0.486 e. The normalized spacial score (nSPS) is 11.0. The molecule has 0 atom stereocenters. The van der Waals surface area contributed by atoms with Crippen LogP contribution in [0.4, 0.5) is 0 Å². The van der Waals surface area contributed by atoms with Crippen LogP contribution in [-0.4, -0.2) is 20.6 Å². The van der Waals surface area contributed by atoms with E-state index in [1.807, 2.05) is 24.3 Å². The van der Waals surface area contributed by atoms with Crippen molar-refractivity contribution in [3.05, 3.63) is 70.2 Å². The predicted molar refractivity (Wildman–Crippen MR) is 97.9 cm³/mol. The van der Waals surface area contributed by atoms with Gasteiger partial charge in [0.2, 0.25) is 5.82 Å². The van der Waals surface area contributed by atoms with E-state index in [4.69, 9.17) is 27.9 Å². The second-order valence-electron chi connectivity index (χ2n) is 5.43. The summed E-state index contributed by atoms with van der Waals surface area (Å²) in [7, 11) is 0. The van der Waals surface area contributed by atoms with Gasteiger partial charge >= 0.3 is 0 Å². The number of tetrazole rings is 1. The quantitative estimate of drug-likeness (QED) is 0.554. The molecule has 4 rings (SSSR count). The Balaban J connectivity index is 1.63. The molecule has 124 valence electrons. The molecule has 0 saturated carbocycles. The number of benzene rings is 3. The summed E-state index contributed by atoms with van der Waals surface area (Å²) in [5, 5.41) is 16.9. The minimum atomic E-state index is 0.363. The van der Waals surface area contributed by atoms with Crippen molar-refractivity contribution in [3.8, 4) is 17.1 Å². The number of rotatable bonds is 4. The van der Waals surface area contributed by atoms with Gasteiger partial charge in [-0.25, -0.2) is 0 Å². The lowest BCUT2D eigenvalue weighted by atomic mass is 10.1. The summed E-state index contributed by atoms with van der Waals surface area (Å²) in [6.45, 7) is 0.363. The first kappa shape index (κ1) is 15.9. The first-order valence-corrected chi connectivity index (χ1v) is 8.30. The van der Waals surface area contributed by atoms with Gasteiger partial charge in [0.15, 0.2) is 5.75 Å². The molecule has 0 aliphatic carbocycles. The van der Waals surface area contributed by atoms with Gasteiger partial charge in [0.1, 0.15) is 6.61 Å². The fraction of sp³-hybridized carbons (Fsp3) is 0.0556. The highest BCUT2D eigenvalue weighted by molar-refractivity contribution is 6.37. The zero-order valence-electron chi connectivity index (χ0n) is 12.9. The second-order valence-corrected chi connectivity index (χ2v) is 6.25. The third-order valence-corrected chi connectivity index (χ3v) is 4.42. The summed E-state index contributed by atoms with van der Waals surface area (Å²) in [6.07, 6.45) is 0. The van der Waals surface area contributed by atoms with E-state index in [0.717, 1.165) is 16.3 Å². The lowest BCUT2D eigenvalue weighted by molar-refractivity contribution is 0.308. The first-order chi connectivity index (χ1) is 12.2. The summed E-state index contributed by atoms with van der Waals surface area (Å²) in [5.74, 6) is 0.855. The van der Waals surface area contributed by atoms with Crippen LogP contribution in [0, 0.1) is 0 Å². The number of fused-ring (bicyclic) bond motifs is 1. The van der Waals surface area contributed by atoms with Gasteiger partial charge in [-0.3, -0.25) is 0 Å². The van der Waals surface area contributed by atoms with Gasteiger partial charge in [0, 0.05) is 5.56 Å². The Labute approximate surface area is 153 Å². The van der Waals surface area contributed by atoms with Crippen LogP contribution in [-0.2, 0) is 6.61 Å². The Morgan fingerprint density at radius 3 is 2.48 bits per heavy atom. The van der Waals surface area contributed by atoms with E-state index in [-0.39, 0.29) is 0 Å². The summed E-state index contributed by atoms with van der Waals surface area (Å²) in [6, 6.07) is 17.7. The predicted octanol–water partition coefficient (Wildman–Crippen LogP) is 4.91. The highest BCUT2D eigenvalue weighted by atomic mass is 35.5. The van der Waals surface area contributed by atoms with E-state index in [9.17, 15) is 0 Å². The van der Waals surface area contributed by atoms with Crippen molar-refractivity contribution in [1.29, 1.82) is 0 Å². The Bertz CT molecular complexity index is 1010. The number of nitrogens with zero attached hydrogens (tertiary/aromatic N) is 3. The summed E-state index contributed by atoms with van der Waals surface area (Å²) in [5.41, 5.74) is 1.73. The lowest BCUT2D eigenvalue weighted by Gasteiger charge is -2.12. The molecule has 4 aromatic rings. The fourth-order valence-corrected chi connectivity index (χ4v) is 3.28. The van der Waals surface area contributed by atoms with Gasteiger partial charge in [-0.1, -0.05) is 65.7 Å². The molecule has 3 aromatic carbocycles. The Morgan fingerprint density at radius 1 is 0.960 bits per heavy atom. The van der Waals surface area contributed by atoms with Crippen LogP contribution in [0.3, 0.4) is 0 Å². The number of aromatic nitrogens is 4. The van der Waals surface area contributed by atoms with E-state index in [2.05, 4.69) is 38.8 Å². The number of halogens is 2. The molecular formula is C18H12Cl2N4O. The van der Waals surface area contributed by atoms with Crippen LogP contribution in [0.1, 0.15) is 5.56 Å². The molecule has 5 nitrogen and oxygen atoms in total. The van der Waals surface area contributed by atoms with E-state index in [0.29, 0.717) is 33.8 Å². The molecule has 0 saturated heterocycles. The van der Waals surface area contributed by atoms with Gasteiger partial charge in [-0.15, -0.1) is 10.2 Å². The summed E-state index contributed by atoms with van der Waals surface area (Å²) in [4.78, 5) is 0. The van der Waals surface area contributed by atoms with Crippen molar-refractivity contribution >= 4 is 34.0 Å². The minimum absolute atomic E-state index is 0.363. The molecule has 1 aromatic heterocycles. The van der Waals surface area contributed by atoms with Crippen LogP contribution in [0.25, 0.3) is 22.2 Å². The number of hydrogen-bond donors (Lipinski definition) is 1. The molecule has 0 amide bonds. The number of nitrogens with one attached hydrogen (secondary N) is 1. The SMILES string of the molecule is Clc1cc(-c2nn[nH]n2)cc(Cl)c1OCc1cccc2ccccc12. The third kappa shape index (κ3) is 3.16. The molecule has 0 radical (unpaired) electrons. The Morgan fingerprint density at radius 2 is 1.72 bits per heavy atom. The molecule has 0 fully saturated rings. The van der Waals surface area contributed by atoms with Crippen molar-refractivity contribution in [2.24, 2.45) is 0 Å². The topological polar surface area (TPSA) is 63.7 Å². The highest BCUT2D eigenvalue weighted by Gasteiger charge is 2.13. The van der Waals surface area contributed by atoms with Crippen LogP contribution < -0.4 is 4.74 Å². The number of ether oxygens (including phenoxy) is 1. The van der Waals surface area contributed by atoms with Gasteiger partial charge in [-0.2, -0.15) is 5.21 Å². The minimum Gasteiger partial charge on any atom is -0.486 e. The van der Waals surface area contributed by atoms with Crippen molar-refractivity contribution in [3.63, 3.8) is 0 Å². The van der Waals surface area contributed by atoms with E-state index in [1.54, 1.807) is 12.1 Å². The Hall–Kier alpha value is -2.63. The monoisotopic (exact) mass is 370 g/mol. The van der Waals surface area contributed by atoms with E-state index in [1.165, 1.54) is 0 Å². The van der Waals surface area contributed by atoms with Crippen molar-refractivity contribution in [2.45, 2.75) is 6.61 Å². The average Bonchev–Trinajstić information content (AvgIpc) is 3.15. The molecule has 25 heavy (non-hydrogen) atoms. The molecule has 0 aliphatic heterocycles. The molecule has 0 bridgehead atoms. The summed E-state index contributed by atoms with van der Waals surface area (Å²) >= 11 is 12.7. The molecule has 7 heteroatoms. The third-order valence-electron chi connectivity index (χ3n) is 3.85. The van der Waals surface area contributed by atoms with Crippen LogP contribution in [0.15, 0.2) is 54.6 Å². The van der Waals surface area contributed by atoms with Crippen LogP contribution in [0.5, 0.6) is 5.75 Å². The molecule has 0 aliphatic rings. The summed E-state index contributed by atoms with van der Waals surface area (Å²) < 4.78 is 5.91. The number of aromatic amines is 1. The maximum atomic E-state index is 6.34. The number of hydrogen-bond acceptors (Lipinski definition) is 4. The zero-order chi connectivity index (χ0) is 17.2. The fourth-order valence-electron chi connectivity index (χ4n) is 2.68. The van der Waals surface area contributed by atoms with Gasteiger partial charge in [0.25, 0.3) is 0 Å². The highest BCUT2D eigenvalue weighted by Crippen LogP contribution is 2.37. The van der Waals surface area contributed by atoms with Gasteiger partial charge in [-0.05, 0) is 33.7 Å². The second kappa shape index (κ2) is 6.70. The van der Waals surface area contributed by atoms with Crippen LogP contribution >= 0.6 is 23.2 Å². The molecule has 0 spiro atoms. The smallest absolute Gasteiger partial charge is 0.204 e. The van der Waals surface area contributed by atoms with Crippen molar-refractivity contribution < 1.29 is 4.74 Å². The lowest BCUT2D eigenvalue weighted by Crippen LogP contribution is -1.98. The zero-order valence-corrected chi connectivity index (χ0v) is 14.4. The van der Waals surface area contributed by atoms with Crippen LogP contribution in [0.2, 0.25) is 10.0 Å². The maximum absolute atomic E-state index is 6.34. The van der Waals surface area contributed by atoms with Crippen molar-refractivity contribution in [1.82, 2.24) is 20.6 Å². The molecular weight excluding hydrogens is 359 g/mol. The molecule has 0 unspecified atom stereocenters. The standard InChI is InChI=1S/C18H12Cl2N4O/c19-15-8-13(18-21-23-24-22-18)9-16(20)17(15)25-10-12-6-3-5-11-4-1-2-7-14(11)12/h1-9H,10H2,(H,21,22,23,24). The Kier molecular flexibility index (Phi) is 4.26. The van der Waals surface area contributed by atoms with E-state index < -0.39 is 0 Å². The molecule has 1 heterocycles. The first-order valence-electron chi connectivity index (χ1n) is 7.54. The van der Waals surface area contributed by atoms with Crippen molar-refractivity contribution in [2.75, 3.05) is 0 Å². The molecule has 1 N–H and O–H groups in total. The average molecular weight is 371 g/mol. The van der Waals surface area contributed by atoms with Gasteiger partial charge < -0.3 is 4.74 Å². The maximum Gasteiger partial charge on any atom is 0.204 e. The number of H-pyrrole nitrogens is 1. The van der Waals surface area contributed by atoms with Gasteiger partial charge in [0.05, 0.1) is 10.0 Å².